The van der Waals surface area contributed by atoms with Crippen LogP contribution < -0.4 is 0 Å². The van der Waals surface area contributed by atoms with Crippen LogP contribution in [0.25, 0.3) is 0 Å². The minimum Gasteiger partial charge on any atom is -0.211 e. The van der Waals surface area contributed by atoms with Gasteiger partial charge in [0.05, 0.1) is 18.2 Å². The van der Waals surface area contributed by atoms with Gasteiger partial charge in [0.2, 0.25) is 10.0 Å². The zero-order valence-electron chi connectivity index (χ0n) is 13.9. The van der Waals surface area contributed by atoms with Crippen molar-refractivity contribution < 1.29 is 8.42 Å². The fourth-order valence-electron chi connectivity index (χ4n) is 2.25. The molecule has 0 rings (SSSR count). The fourth-order valence-corrected chi connectivity index (χ4v) is 3.98. The first kappa shape index (κ1) is 21.4. The molecule has 0 saturated heterocycles. The van der Waals surface area contributed by atoms with E-state index in [1.807, 2.05) is 18.2 Å². The molecule has 0 spiro atoms. The van der Waals surface area contributed by atoms with Crippen LogP contribution in [0, 0.1) is 34.0 Å². The average Bonchev–Trinajstić information content (AvgIpc) is 2.53. The van der Waals surface area contributed by atoms with Gasteiger partial charge in [0, 0.05) is 25.9 Å². The lowest BCUT2D eigenvalue weighted by Gasteiger charge is -2.24. The van der Waals surface area contributed by atoms with E-state index in [0.717, 1.165) is 25.7 Å². The van der Waals surface area contributed by atoms with E-state index in [2.05, 4.69) is 6.92 Å². The van der Waals surface area contributed by atoms with E-state index in [1.54, 1.807) is 0 Å². The van der Waals surface area contributed by atoms with Gasteiger partial charge in [0.25, 0.3) is 0 Å². The van der Waals surface area contributed by atoms with Crippen LogP contribution in [0.1, 0.15) is 64.7 Å². The maximum Gasteiger partial charge on any atom is 0.230 e. The molecular weight excluding hydrogens is 312 g/mol. The van der Waals surface area contributed by atoms with E-state index in [4.69, 9.17) is 10.5 Å². The van der Waals surface area contributed by atoms with Crippen molar-refractivity contribution in [3.63, 3.8) is 0 Å². The molecule has 0 aliphatic rings. The van der Waals surface area contributed by atoms with Crippen molar-refractivity contribution in [3.8, 4) is 18.2 Å². The highest BCUT2D eigenvalue weighted by Crippen LogP contribution is 2.17. The van der Waals surface area contributed by atoms with Crippen molar-refractivity contribution in [2.75, 3.05) is 13.1 Å². The second-order valence-electron chi connectivity index (χ2n) is 5.43. The van der Waals surface area contributed by atoms with Crippen molar-refractivity contribution in [3.05, 3.63) is 0 Å². The second-order valence-corrected chi connectivity index (χ2v) is 7.55. The summed E-state index contributed by atoms with van der Waals surface area (Å²) in [6.45, 7) is 2.54. The highest BCUT2D eigenvalue weighted by molar-refractivity contribution is 7.90. The summed E-state index contributed by atoms with van der Waals surface area (Å²) in [4.78, 5) is 0. The minimum atomic E-state index is -3.71. The van der Waals surface area contributed by atoms with E-state index >= 15 is 0 Å². The molecular formula is C16H26N4O2S. The van der Waals surface area contributed by atoms with Gasteiger partial charge in [0.15, 0.2) is 5.25 Å². The van der Waals surface area contributed by atoms with E-state index in [9.17, 15) is 13.7 Å². The third kappa shape index (κ3) is 8.55. The van der Waals surface area contributed by atoms with Gasteiger partial charge in [0.1, 0.15) is 0 Å². The molecule has 0 aliphatic heterocycles. The molecule has 0 heterocycles. The Bertz CT molecular complexity index is 520. The van der Waals surface area contributed by atoms with Gasteiger partial charge in [-0.2, -0.15) is 15.8 Å². The van der Waals surface area contributed by atoms with Crippen LogP contribution >= 0.6 is 0 Å². The lowest BCUT2D eigenvalue weighted by Crippen LogP contribution is -2.39. The Kier molecular flexibility index (Phi) is 12.0. The molecule has 23 heavy (non-hydrogen) atoms. The van der Waals surface area contributed by atoms with Gasteiger partial charge < -0.3 is 0 Å². The van der Waals surface area contributed by atoms with Crippen molar-refractivity contribution in [2.45, 2.75) is 70.0 Å². The number of sulfonamides is 1. The Morgan fingerprint density at radius 3 is 1.91 bits per heavy atom. The van der Waals surface area contributed by atoms with Gasteiger partial charge in [-0.05, 0) is 19.3 Å². The first-order chi connectivity index (χ1) is 11.0. The summed E-state index contributed by atoms with van der Waals surface area (Å²) in [5, 5.41) is 25.4. The normalized spacial score (nSPS) is 12.3. The highest BCUT2D eigenvalue weighted by atomic mass is 32.2. The Morgan fingerprint density at radius 1 is 0.913 bits per heavy atom. The molecule has 128 valence electrons. The van der Waals surface area contributed by atoms with Gasteiger partial charge in [-0.25, -0.2) is 12.7 Å². The van der Waals surface area contributed by atoms with Gasteiger partial charge in [-0.3, -0.25) is 0 Å². The molecule has 0 fully saturated rings. The molecule has 0 N–H and O–H groups in total. The number of rotatable bonds is 13. The SMILES string of the molecule is CCCCCCC(C#N)S(=O)(=O)N(CCCC#N)CCCC#N. The van der Waals surface area contributed by atoms with Crippen LogP contribution in [0.3, 0.4) is 0 Å². The summed E-state index contributed by atoms with van der Waals surface area (Å²) in [7, 11) is -3.71. The van der Waals surface area contributed by atoms with E-state index < -0.39 is 15.3 Å². The van der Waals surface area contributed by atoms with Gasteiger partial charge in [-0.15, -0.1) is 0 Å². The van der Waals surface area contributed by atoms with Crippen molar-refractivity contribution in [1.29, 1.82) is 15.8 Å². The molecule has 0 bridgehead atoms. The molecule has 0 aliphatic carbocycles. The smallest absolute Gasteiger partial charge is 0.211 e. The predicted molar refractivity (Wildman–Crippen MR) is 88.3 cm³/mol. The fraction of sp³-hybridized carbons (Fsp3) is 0.812. The molecule has 0 saturated carbocycles. The third-order valence-corrected chi connectivity index (χ3v) is 5.72. The highest BCUT2D eigenvalue weighted by Gasteiger charge is 2.31. The third-order valence-electron chi connectivity index (χ3n) is 3.58. The van der Waals surface area contributed by atoms with Crippen molar-refractivity contribution in [1.82, 2.24) is 4.31 Å². The summed E-state index contributed by atoms with van der Waals surface area (Å²) in [5.74, 6) is 0. The van der Waals surface area contributed by atoms with Crippen LogP contribution in [0.15, 0.2) is 0 Å². The molecule has 0 amide bonds. The molecule has 0 aromatic rings. The van der Waals surface area contributed by atoms with Crippen LogP contribution in [-0.4, -0.2) is 31.1 Å². The Balaban J connectivity index is 4.86. The van der Waals surface area contributed by atoms with Crippen LogP contribution in [-0.2, 0) is 10.0 Å². The molecule has 0 radical (unpaired) electrons. The molecule has 1 atom stereocenters. The number of hydrogen-bond donors (Lipinski definition) is 0. The second kappa shape index (κ2) is 12.9. The monoisotopic (exact) mass is 338 g/mol. The minimum absolute atomic E-state index is 0.231. The molecule has 0 aromatic heterocycles. The largest absolute Gasteiger partial charge is 0.230 e. The summed E-state index contributed by atoms with van der Waals surface area (Å²) < 4.78 is 26.6. The summed E-state index contributed by atoms with van der Waals surface area (Å²) in [5.41, 5.74) is 0. The van der Waals surface area contributed by atoms with E-state index in [1.165, 1.54) is 4.31 Å². The average molecular weight is 338 g/mol. The quantitative estimate of drug-likeness (QED) is 0.479. The van der Waals surface area contributed by atoms with Gasteiger partial charge in [-0.1, -0.05) is 32.6 Å². The topological polar surface area (TPSA) is 109 Å². The van der Waals surface area contributed by atoms with Crippen LogP contribution in [0.4, 0.5) is 0 Å². The first-order valence-electron chi connectivity index (χ1n) is 8.17. The number of unbranched alkanes of at least 4 members (excludes halogenated alkanes) is 5. The maximum atomic E-state index is 12.7. The van der Waals surface area contributed by atoms with Gasteiger partial charge >= 0.3 is 0 Å². The molecule has 1 unspecified atom stereocenters. The number of hydrogen-bond acceptors (Lipinski definition) is 5. The van der Waals surface area contributed by atoms with Crippen molar-refractivity contribution in [2.24, 2.45) is 0 Å². The summed E-state index contributed by atoms with van der Waals surface area (Å²) >= 11 is 0. The molecule has 6 nitrogen and oxygen atoms in total. The molecule has 7 heteroatoms. The van der Waals surface area contributed by atoms with Crippen molar-refractivity contribution >= 4 is 10.0 Å². The Labute approximate surface area is 140 Å². The Hall–Kier alpha value is -1.62. The summed E-state index contributed by atoms with van der Waals surface area (Å²) in [6.07, 6.45) is 5.50. The molecule has 0 aromatic carbocycles. The summed E-state index contributed by atoms with van der Waals surface area (Å²) in [6, 6.07) is 5.91. The lowest BCUT2D eigenvalue weighted by molar-refractivity contribution is 0.396. The Morgan fingerprint density at radius 2 is 1.48 bits per heavy atom. The lowest BCUT2D eigenvalue weighted by atomic mass is 10.1. The first-order valence-corrected chi connectivity index (χ1v) is 9.67. The van der Waals surface area contributed by atoms with Crippen LogP contribution in [0.5, 0.6) is 0 Å². The van der Waals surface area contributed by atoms with E-state index in [-0.39, 0.29) is 25.9 Å². The van der Waals surface area contributed by atoms with Crippen LogP contribution in [0.2, 0.25) is 0 Å². The maximum absolute atomic E-state index is 12.7. The zero-order chi connectivity index (χ0) is 17.6. The standard InChI is InChI=1S/C16H26N4O2S/c1-2-3-4-5-10-16(15-19)23(21,22)20(13-8-6-11-17)14-9-7-12-18/h16H,2-10,13-14H2,1H3. The predicted octanol–water partition coefficient (Wildman–Crippen LogP) is 3.09. The number of nitrogens with zero attached hydrogens (tertiary/aromatic N) is 4. The number of nitriles is 3. The zero-order valence-corrected chi connectivity index (χ0v) is 14.7. The van der Waals surface area contributed by atoms with E-state index in [0.29, 0.717) is 19.3 Å².